The minimum atomic E-state index is -0.410. The Morgan fingerprint density at radius 2 is 2.08 bits per heavy atom. The second-order valence-corrected chi connectivity index (χ2v) is 6.08. The number of hydrogen-bond acceptors (Lipinski definition) is 5. The Hall–Kier alpha value is -2.96. The van der Waals surface area contributed by atoms with Crippen LogP contribution in [0.5, 0.6) is 0 Å². The molecule has 0 spiro atoms. The smallest absolute Gasteiger partial charge is 0.293 e. The number of likely N-dealkylation sites (tertiary alicyclic amines) is 1. The van der Waals surface area contributed by atoms with Gasteiger partial charge in [0.1, 0.15) is 23.0 Å². The van der Waals surface area contributed by atoms with Crippen LogP contribution in [0.15, 0.2) is 45.4 Å². The van der Waals surface area contributed by atoms with Gasteiger partial charge in [0.25, 0.3) is 5.91 Å². The lowest BCUT2D eigenvalue weighted by molar-refractivity contribution is 0.0688. The van der Waals surface area contributed by atoms with Crippen molar-refractivity contribution in [3.8, 4) is 11.3 Å². The van der Waals surface area contributed by atoms with Crippen molar-refractivity contribution in [3.05, 3.63) is 59.4 Å². The predicted molar refractivity (Wildman–Crippen MR) is 86.1 cm³/mol. The first-order valence-corrected chi connectivity index (χ1v) is 8.09. The molecule has 1 saturated heterocycles. The van der Waals surface area contributed by atoms with Crippen molar-refractivity contribution in [2.75, 3.05) is 6.54 Å². The van der Waals surface area contributed by atoms with Crippen molar-refractivity contribution in [3.63, 3.8) is 0 Å². The summed E-state index contributed by atoms with van der Waals surface area (Å²) in [6.45, 7) is 2.42. The monoisotopic (exact) mass is 341 g/mol. The fraction of sp³-hybridized carbons (Fsp3) is 0.278. The molecule has 3 heterocycles. The summed E-state index contributed by atoms with van der Waals surface area (Å²) in [5.74, 6) is 0.103. The molecule has 3 aromatic rings. The van der Waals surface area contributed by atoms with Crippen LogP contribution in [0.1, 0.15) is 40.9 Å². The second kappa shape index (κ2) is 6.16. The average Bonchev–Trinajstić information content (AvgIpc) is 3.34. The number of aromatic nitrogens is 2. The highest BCUT2D eigenvalue weighted by atomic mass is 19.1. The van der Waals surface area contributed by atoms with Gasteiger partial charge in [-0.25, -0.2) is 4.39 Å². The number of carbonyl (C=O) groups excluding carboxylic acids is 1. The third kappa shape index (κ3) is 2.82. The van der Waals surface area contributed by atoms with E-state index in [1.807, 2.05) is 13.0 Å². The molecule has 1 atom stereocenters. The normalized spacial score (nSPS) is 17.2. The lowest BCUT2D eigenvalue weighted by atomic mass is 10.1. The first-order chi connectivity index (χ1) is 12.1. The van der Waals surface area contributed by atoms with Crippen LogP contribution in [-0.4, -0.2) is 27.7 Å². The summed E-state index contributed by atoms with van der Waals surface area (Å²) >= 11 is 0. The highest BCUT2D eigenvalue weighted by Gasteiger charge is 2.34. The van der Waals surface area contributed by atoms with E-state index in [9.17, 15) is 9.18 Å². The van der Waals surface area contributed by atoms with Crippen molar-refractivity contribution in [1.29, 1.82) is 0 Å². The van der Waals surface area contributed by atoms with E-state index in [1.165, 1.54) is 12.1 Å². The summed E-state index contributed by atoms with van der Waals surface area (Å²) in [7, 11) is 0. The van der Waals surface area contributed by atoms with E-state index in [0.29, 0.717) is 23.6 Å². The van der Waals surface area contributed by atoms with E-state index < -0.39 is 5.82 Å². The molecule has 1 fully saturated rings. The zero-order valence-corrected chi connectivity index (χ0v) is 13.6. The third-order valence-corrected chi connectivity index (χ3v) is 4.37. The van der Waals surface area contributed by atoms with Gasteiger partial charge in [0.15, 0.2) is 0 Å². The minimum absolute atomic E-state index is 0.0883. The summed E-state index contributed by atoms with van der Waals surface area (Å²) in [4.78, 5) is 14.5. The molecule has 0 N–H and O–H groups in total. The number of halogens is 1. The van der Waals surface area contributed by atoms with Gasteiger partial charge < -0.3 is 13.9 Å². The summed E-state index contributed by atoms with van der Waals surface area (Å²) < 4.78 is 24.2. The zero-order valence-electron chi connectivity index (χ0n) is 13.6. The number of rotatable bonds is 3. The molecular formula is C18H16FN3O3. The van der Waals surface area contributed by atoms with Crippen LogP contribution in [0.25, 0.3) is 11.3 Å². The molecular weight excluding hydrogens is 325 g/mol. The lowest BCUT2D eigenvalue weighted by Crippen LogP contribution is -2.30. The van der Waals surface area contributed by atoms with E-state index in [1.54, 1.807) is 23.1 Å². The van der Waals surface area contributed by atoms with E-state index in [2.05, 4.69) is 10.3 Å². The average molecular weight is 341 g/mol. The summed E-state index contributed by atoms with van der Waals surface area (Å²) in [5, 5.41) is 7.87. The van der Waals surface area contributed by atoms with Gasteiger partial charge in [-0.2, -0.15) is 0 Å². The van der Waals surface area contributed by atoms with Crippen LogP contribution in [0.3, 0.4) is 0 Å². The molecule has 0 bridgehead atoms. The second-order valence-electron chi connectivity index (χ2n) is 6.08. The first kappa shape index (κ1) is 15.6. The van der Waals surface area contributed by atoms with E-state index in [-0.39, 0.29) is 17.7 Å². The van der Waals surface area contributed by atoms with Crippen LogP contribution in [0, 0.1) is 12.7 Å². The number of carbonyl (C=O) groups is 1. The van der Waals surface area contributed by atoms with Crippen molar-refractivity contribution >= 4 is 5.91 Å². The third-order valence-electron chi connectivity index (χ3n) is 4.37. The Bertz CT molecular complexity index is 918. The van der Waals surface area contributed by atoms with Crippen LogP contribution in [0.2, 0.25) is 0 Å². The molecule has 4 rings (SSSR count). The highest BCUT2D eigenvalue weighted by molar-refractivity contribution is 5.93. The first-order valence-electron chi connectivity index (χ1n) is 8.09. The van der Waals surface area contributed by atoms with E-state index in [4.69, 9.17) is 9.05 Å². The maximum absolute atomic E-state index is 13.9. The summed E-state index contributed by atoms with van der Waals surface area (Å²) in [5.41, 5.74) is 1.34. The van der Waals surface area contributed by atoms with Gasteiger partial charge in [0.05, 0.1) is 6.04 Å². The quantitative estimate of drug-likeness (QED) is 0.725. The molecule has 128 valence electrons. The molecule has 2 aromatic heterocycles. The number of benzene rings is 1. The number of aryl methyl sites for hydroxylation is 1. The van der Waals surface area contributed by atoms with Crippen LogP contribution < -0.4 is 0 Å². The van der Waals surface area contributed by atoms with Crippen molar-refractivity contribution in [2.45, 2.75) is 25.8 Å². The van der Waals surface area contributed by atoms with Gasteiger partial charge in [0.2, 0.25) is 5.76 Å². The topological polar surface area (TPSA) is 72.4 Å². The Morgan fingerprint density at radius 3 is 2.84 bits per heavy atom. The van der Waals surface area contributed by atoms with Gasteiger partial charge in [-0.05, 0) is 31.9 Å². The predicted octanol–water partition coefficient (Wildman–Crippen LogP) is 3.75. The molecule has 0 unspecified atom stereocenters. The summed E-state index contributed by atoms with van der Waals surface area (Å²) in [6.07, 6.45) is 1.68. The van der Waals surface area contributed by atoms with Crippen molar-refractivity contribution in [1.82, 2.24) is 15.2 Å². The minimum Gasteiger partial charge on any atom is -0.361 e. The fourth-order valence-corrected chi connectivity index (χ4v) is 3.17. The number of nitrogens with zero attached hydrogens (tertiary/aromatic N) is 3. The lowest BCUT2D eigenvalue weighted by Gasteiger charge is -2.21. The Labute approximate surface area is 143 Å². The number of hydrogen-bond donors (Lipinski definition) is 0. The van der Waals surface area contributed by atoms with Crippen LogP contribution in [0.4, 0.5) is 4.39 Å². The molecule has 1 aromatic carbocycles. The number of amides is 1. The Balaban J connectivity index is 1.60. The van der Waals surface area contributed by atoms with E-state index in [0.717, 1.165) is 18.5 Å². The standard InChI is InChI=1S/C18H16FN3O3/c1-11-9-15(21-24-11)16-7-4-8-22(16)18(23)17-10-14(20-25-17)12-5-2-3-6-13(12)19/h2-3,5-6,9-10,16H,4,7-8H2,1H3/t16-/m0/s1. The van der Waals surface area contributed by atoms with Gasteiger partial charge >= 0.3 is 0 Å². The molecule has 1 aliphatic heterocycles. The van der Waals surface area contributed by atoms with Crippen molar-refractivity contribution in [2.24, 2.45) is 0 Å². The maximum atomic E-state index is 13.9. The van der Waals surface area contributed by atoms with Gasteiger partial charge in [-0.3, -0.25) is 4.79 Å². The van der Waals surface area contributed by atoms with Gasteiger partial charge in [-0.1, -0.05) is 22.4 Å². The SMILES string of the molecule is Cc1cc([C@@H]2CCCN2C(=O)c2cc(-c3ccccc3F)no2)no1. The van der Waals surface area contributed by atoms with Crippen molar-refractivity contribution < 1.29 is 18.2 Å². The van der Waals surface area contributed by atoms with E-state index >= 15 is 0 Å². The molecule has 1 amide bonds. The molecule has 7 heteroatoms. The maximum Gasteiger partial charge on any atom is 0.293 e. The molecule has 1 aliphatic rings. The zero-order chi connectivity index (χ0) is 17.4. The van der Waals surface area contributed by atoms with Crippen LogP contribution >= 0.6 is 0 Å². The largest absolute Gasteiger partial charge is 0.361 e. The van der Waals surface area contributed by atoms with Gasteiger partial charge in [-0.15, -0.1) is 0 Å². The summed E-state index contributed by atoms with van der Waals surface area (Å²) in [6, 6.07) is 9.41. The van der Waals surface area contributed by atoms with Crippen LogP contribution in [-0.2, 0) is 0 Å². The molecule has 0 aliphatic carbocycles. The molecule has 0 saturated carbocycles. The Morgan fingerprint density at radius 1 is 1.24 bits per heavy atom. The van der Waals surface area contributed by atoms with Gasteiger partial charge in [0, 0.05) is 24.2 Å². The fourth-order valence-electron chi connectivity index (χ4n) is 3.17. The highest BCUT2D eigenvalue weighted by Crippen LogP contribution is 2.33. The molecule has 0 radical (unpaired) electrons. The molecule has 25 heavy (non-hydrogen) atoms. The molecule has 6 nitrogen and oxygen atoms in total. The Kier molecular flexibility index (Phi) is 3.83.